The summed E-state index contributed by atoms with van der Waals surface area (Å²) in [6, 6.07) is 11.1. The number of aromatic nitrogens is 2. The SMILES string of the molecule is Nc1ccc2c(Cl)nc(-c3ccccc3Cl)n2c1. The molecule has 2 aromatic heterocycles. The van der Waals surface area contributed by atoms with Crippen molar-refractivity contribution in [2.75, 3.05) is 5.73 Å². The molecule has 2 heterocycles. The van der Waals surface area contributed by atoms with Crippen LogP contribution in [0.4, 0.5) is 5.69 Å². The average Bonchev–Trinajstić information content (AvgIpc) is 2.67. The maximum absolute atomic E-state index is 6.18. The number of nitrogen functional groups attached to an aromatic ring is 1. The van der Waals surface area contributed by atoms with Crippen LogP contribution in [0, 0.1) is 0 Å². The minimum Gasteiger partial charge on any atom is -0.398 e. The van der Waals surface area contributed by atoms with Crippen LogP contribution >= 0.6 is 23.2 Å². The fourth-order valence-corrected chi connectivity index (χ4v) is 2.35. The van der Waals surface area contributed by atoms with Crippen molar-refractivity contribution < 1.29 is 0 Å². The number of nitrogens with zero attached hydrogens (tertiary/aromatic N) is 2. The molecule has 0 aliphatic carbocycles. The zero-order chi connectivity index (χ0) is 12.7. The molecule has 3 nitrogen and oxygen atoms in total. The lowest BCUT2D eigenvalue weighted by atomic mass is 10.2. The fraction of sp³-hybridized carbons (Fsp3) is 0. The maximum atomic E-state index is 6.18. The van der Waals surface area contributed by atoms with E-state index in [2.05, 4.69) is 4.98 Å². The fourth-order valence-electron chi connectivity index (χ4n) is 1.90. The van der Waals surface area contributed by atoms with Gasteiger partial charge in [0.15, 0.2) is 5.15 Å². The number of halogens is 2. The first-order chi connectivity index (χ1) is 8.66. The number of hydrogen-bond acceptors (Lipinski definition) is 2. The van der Waals surface area contributed by atoms with Gasteiger partial charge in [-0.3, -0.25) is 4.40 Å². The highest BCUT2D eigenvalue weighted by atomic mass is 35.5. The molecule has 18 heavy (non-hydrogen) atoms. The van der Waals surface area contributed by atoms with Gasteiger partial charge in [-0.05, 0) is 24.3 Å². The Bertz CT molecular complexity index is 734. The van der Waals surface area contributed by atoms with E-state index in [0.29, 0.717) is 21.7 Å². The van der Waals surface area contributed by atoms with Crippen molar-refractivity contribution in [3.8, 4) is 11.4 Å². The summed E-state index contributed by atoms with van der Waals surface area (Å²) in [5.41, 5.74) is 8.07. The summed E-state index contributed by atoms with van der Waals surface area (Å²) < 4.78 is 1.85. The van der Waals surface area contributed by atoms with Gasteiger partial charge in [0.2, 0.25) is 0 Å². The molecule has 2 N–H and O–H groups in total. The number of benzene rings is 1. The molecule has 5 heteroatoms. The van der Waals surface area contributed by atoms with E-state index in [4.69, 9.17) is 28.9 Å². The van der Waals surface area contributed by atoms with E-state index in [1.165, 1.54) is 0 Å². The Morgan fingerprint density at radius 1 is 1.06 bits per heavy atom. The minimum atomic E-state index is 0.435. The predicted molar refractivity (Wildman–Crippen MR) is 75.1 cm³/mol. The number of hydrogen-bond donors (Lipinski definition) is 1. The molecule has 90 valence electrons. The summed E-state index contributed by atoms with van der Waals surface area (Å²) in [7, 11) is 0. The first-order valence-electron chi connectivity index (χ1n) is 5.35. The summed E-state index contributed by atoms with van der Waals surface area (Å²) in [5.74, 6) is 0.688. The third-order valence-corrected chi connectivity index (χ3v) is 3.34. The molecule has 0 atom stereocenters. The molecule has 0 aliphatic rings. The molecule has 0 aliphatic heterocycles. The second-order valence-electron chi connectivity index (χ2n) is 3.92. The van der Waals surface area contributed by atoms with Crippen LogP contribution in [-0.2, 0) is 0 Å². The normalized spacial score (nSPS) is 11.0. The predicted octanol–water partition coefficient (Wildman–Crippen LogP) is 3.89. The highest BCUT2D eigenvalue weighted by molar-refractivity contribution is 6.34. The van der Waals surface area contributed by atoms with Gasteiger partial charge in [0, 0.05) is 17.4 Å². The van der Waals surface area contributed by atoms with Crippen molar-refractivity contribution in [3.63, 3.8) is 0 Å². The van der Waals surface area contributed by atoms with Crippen LogP contribution in [0.15, 0.2) is 42.6 Å². The molecule has 0 fully saturated rings. The first kappa shape index (κ1) is 11.4. The second kappa shape index (κ2) is 4.19. The van der Waals surface area contributed by atoms with E-state index in [1.807, 2.05) is 34.7 Å². The Balaban J connectivity index is 2.36. The van der Waals surface area contributed by atoms with E-state index in [9.17, 15) is 0 Å². The van der Waals surface area contributed by atoms with E-state index in [0.717, 1.165) is 11.1 Å². The van der Waals surface area contributed by atoms with Gasteiger partial charge in [-0.15, -0.1) is 0 Å². The number of pyridine rings is 1. The monoisotopic (exact) mass is 277 g/mol. The zero-order valence-electron chi connectivity index (χ0n) is 9.27. The quantitative estimate of drug-likeness (QED) is 0.733. The average molecular weight is 278 g/mol. The molecule has 0 bridgehead atoms. The van der Waals surface area contributed by atoms with E-state index < -0.39 is 0 Å². The van der Waals surface area contributed by atoms with Gasteiger partial charge in [0.05, 0.1) is 10.5 Å². The van der Waals surface area contributed by atoms with Crippen LogP contribution < -0.4 is 5.73 Å². The van der Waals surface area contributed by atoms with Crippen LogP contribution in [0.1, 0.15) is 0 Å². The van der Waals surface area contributed by atoms with E-state index in [-0.39, 0.29) is 0 Å². The highest BCUT2D eigenvalue weighted by Crippen LogP contribution is 2.30. The Hall–Kier alpha value is -1.71. The van der Waals surface area contributed by atoms with Crippen molar-refractivity contribution in [3.05, 3.63) is 52.8 Å². The Kier molecular flexibility index (Phi) is 2.65. The van der Waals surface area contributed by atoms with Gasteiger partial charge in [-0.2, -0.15) is 0 Å². The van der Waals surface area contributed by atoms with Crippen LogP contribution in [0.2, 0.25) is 10.2 Å². The number of imidazole rings is 1. The standard InChI is InChI=1S/C13H9Cl2N3/c14-10-4-2-1-3-9(10)13-17-12(15)11-6-5-8(16)7-18(11)13/h1-7H,16H2. The number of fused-ring (bicyclic) bond motifs is 1. The van der Waals surface area contributed by atoms with E-state index in [1.54, 1.807) is 12.3 Å². The molecule has 0 spiro atoms. The molecule has 0 radical (unpaired) electrons. The van der Waals surface area contributed by atoms with Gasteiger partial charge >= 0.3 is 0 Å². The summed E-state index contributed by atoms with van der Waals surface area (Å²) in [5, 5.41) is 1.06. The molecule has 0 amide bonds. The van der Waals surface area contributed by atoms with Gasteiger partial charge in [0.25, 0.3) is 0 Å². The molecule has 0 saturated heterocycles. The van der Waals surface area contributed by atoms with E-state index >= 15 is 0 Å². The minimum absolute atomic E-state index is 0.435. The maximum Gasteiger partial charge on any atom is 0.155 e. The molecule has 3 aromatic rings. The zero-order valence-corrected chi connectivity index (χ0v) is 10.8. The summed E-state index contributed by atoms with van der Waals surface area (Å²) in [6.45, 7) is 0. The molecule has 3 rings (SSSR count). The molecule has 0 unspecified atom stereocenters. The second-order valence-corrected chi connectivity index (χ2v) is 4.69. The Morgan fingerprint density at radius 3 is 2.61 bits per heavy atom. The molecular weight excluding hydrogens is 269 g/mol. The topological polar surface area (TPSA) is 43.3 Å². The van der Waals surface area contributed by atoms with Crippen LogP contribution in [0.25, 0.3) is 16.9 Å². The van der Waals surface area contributed by atoms with Crippen molar-refractivity contribution in [1.29, 1.82) is 0 Å². The number of nitrogens with two attached hydrogens (primary N) is 1. The lowest BCUT2D eigenvalue weighted by molar-refractivity contribution is 1.17. The molecular formula is C13H9Cl2N3. The molecule has 1 aromatic carbocycles. The lowest BCUT2D eigenvalue weighted by Gasteiger charge is -2.04. The summed E-state index contributed by atoms with van der Waals surface area (Å²) in [4.78, 5) is 4.35. The van der Waals surface area contributed by atoms with Crippen LogP contribution in [-0.4, -0.2) is 9.38 Å². The van der Waals surface area contributed by atoms with Crippen LogP contribution in [0.5, 0.6) is 0 Å². The summed E-state index contributed by atoms with van der Waals surface area (Å²) >= 11 is 12.3. The third-order valence-electron chi connectivity index (χ3n) is 2.73. The van der Waals surface area contributed by atoms with Crippen molar-refractivity contribution in [2.24, 2.45) is 0 Å². The van der Waals surface area contributed by atoms with Crippen LogP contribution in [0.3, 0.4) is 0 Å². The van der Waals surface area contributed by atoms with Gasteiger partial charge in [-0.1, -0.05) is 35.3 Å². The largest absolute Gasteiger partial charge is 0.398 e. The molecule has 0 saturated carbocycles. The first-order valence-corrected chi connectivity index (χ1v) is 6.10. The van der Waals surface area contributed by atoms with Gasteiger partial charge in [-0.25, -0.2) is 4.98 Å². The van der Waals surface area contributed by atoms with Crippen molar-refractivity contribution in [1.82, 2.24) is 9.38 Å². The third kappa shape index (κ3) is 1.72. The lowest BCUT2D eigenvalue weighted by Crippen LogP contribution is -1.93. The van der Waals surface area contributed by atoms with Crippen molar-refractivity contribution >= 4 is 34.4 Å². The Morgan fingerprint density at radius 2 is 1.83 bits per heavy atom. The summed E-state index contributed by atoms with van der Waals surface area (Å²) in [6.07, 6.45) is 1.78. The van der Waals surface area contributed by atoms with Gasteiger partial charge in [0.1, 0.15) is 5.82 Å². The Labute approximate surface area is 114 Å². The number of rotatable bonds is 1. The highest BCUT2D eigenvalue weighted by Gasteiger charge is 2.13. The van der Waals surface area contributed by atoms with Crippen molar-refractivity contribution in [2.45, 2.75) is 0 Å². The number of anilines is 1. The smallest absolute Gasteiger partial charge is 0.155 e. The van der Waals surface area contributed by atoms with Gasteiger partial charge < -0.3 is 5.73 Å².